The van der Waals surface area contributed by atoms with Gasteiger partial charge in [0, 0.05) is 10.8 Å². The normalized spacial score (nSPS) is 15.0. The first kappa shape index (κ1) is 26.8. The molecule has 1 aliphatic rings. The van der Waals surface area contributed by atoms with E-state index in [-0.39, 0.29) is 16.5 Å². The number of nitrogens with zero attached hydrogens (tertiary/aromatic N) is 3. The minimum absolute atomic E-state index is 0.00358. The van der Waals surface area contributed by atoms with Gasteiger partial charge in [0.2, 0.25) is 10.9 Å². The van der Waals surface area contributed by atoms with Crippen LogP contribution >= 0.6 is 34.7 Å². The summed E-state index contributed by atoms with van der Waals surface area (Å²) in [7, 11) is 0. The number of carbonyl (C=O) groups is 2. The van der Waals surface area contributed by atoms with E-state index in [1.54, 1.807) is 30.3 Å². The molecule has 0 saturated heterocycles. The zero-order valence-corrected chi connectivity index (χ0v) is 23.5. The second-order valence-corrected chi connectivity index (χ2v) is 11.5. The zero-order valence-electron chi connectivity index (χ0n) is 21.1. The molecule has 0 spiro atoms. The Morgan fingerprint density at radius 3 is 2.56 bits per heavy atom. The topological polar surface area (TPSA) is 106 Å². The van der Waals surface area contributed by atoms with Gasteiger partial charge in [0.05, 0.1) is 17.9 Å². The summed E-state index contributed by atoms with van der Waals surface area (Å²) < 4.78 is 11.9. The number of hydrogen-bond donors (Lipinski definition) is 1. The van der Waals surface area contributed by atoms with Gasteiger partial charge in [-0.25, -0.2) is 0 Å². The summed E-state index contributed by atoms with van der Waals surface area (Å²) in [6, 6.07) is 25.8. The van der Waals surface area contributed by atoms with Crippen LogP contribution in [0.25, 0.3) is 0 Å². The van der Waals surface area contributed by atoms with Gasteiger partial charge in [0.1, 0.15) is 11.5 Å². The van der Waals surface area contributed by atoms with E-state index >= 15 is 0 Å². The molecule has 3 heterocycles. The number of furan rings is 1. The number of ether oxygens (including phenoxy) is 1. The highest BCUT2D eigenvalue weighted by Crippen LogP contribution is 2.44. The first-order chi connectivity index (χ1) is 20.0. The van der Waals surface area contributed by atoms with E-state index < -0.39 is 23.5 Å². The Morgan fingerprint density at radius 2 is 1.78 bits per heavy atom. The Hall–Kier alpha value is -4.38. The number of carbonyl (C=O) groups excluding carboxylic acids is 2. The minimum Gasteiger partial charge on any atom is -0.503 e. The van der Waals surface area contributed by atoms with Gasteiger partial charge in [0.25, 0.3) is 5.91 Å². The lowest BCUT2D eigenvalue weighted by atomic mass is 9.95. The fourth-order valence-corrected chi connectivity index (χ4v) is 6.53. The maximum absolute atomic E-state index is 13.5. The first-order valence-electron chi connectivity index (χ1n) is 12.4. The van der Waals surface area contributed by atoms with E-state index in [1.807, 2.05) is 54.6 Å². The maximum atomic E-state index is 13.5. The quantitative estimate of drug-likeness (QED) is 0.104. The number of para-hydroxylation sites is 1. The van der Waals surface area contributed by atoms with Gasteiger partial charge in [-0.2, -0.15) is 0 Å². The fourth-order valence-electron chi connectivity index (χ4n) is 4.38. The van der Waals surface area contributed by atoms with Crippen molar-refractivity contribution < 1.29 is 23.8 Å². The Balaban J connectivity index is 1.36. The lowest BCUT2D eigenvalue weighted by molar-refractivity contribution is -0.117. The Labute approximate surface area is 247 Å². The first-order valence-corrected chi connectivity index (χ1v) is 14.5. The lowest BCUT2D eigenvalue weighted by Crippen LogP contribution is -2.31. The van der Waals surface area contributed by atoms with Crippen LogP contribution in [0.2, 0.25) is 5.02 Å². The van der Waals surface area contributed by atoms with Crippen LogP contribution in [0.4, 0.5) is 5.13 Å². The summed E-state index contributed by atoms with van der Waals surface area (Å²) in [6.07, 6.45) is 1.36. The smallest absolute Gasteiger partial charge is 0.296 e. The molecule has 0 bridgehead atoms. The van der Waals surface area contributed by atoms with Crippen LogP contribution in [-0.2, 0) is 10.5 Å². The number of aliphatic hydroxyl groups excluding tert-OH is 1. The van der Waals surface area contributed by atoms with Gasteiger partial charge in [0.15, 0.2) is 15.9 Å². The number of anilines is 1. The molecular weight excluding hydrogens is 582 g/mol. The number of hydrogen-bond acceptors (Lipinski definition) is 9. The molecule has 2 aromatic heterocycles. The van der Waals surface area contributed by atoms with E-state index in [9.17, 15) is 14.7 Å². The third-order valence-electron chi connectivity index (χ3n) is 6.26. The fraction of sp³-hybridized carbons (Fsp3) is 0.0667. The molecule has 204 valence electrons. The van der Waals surface area contributed by atoms with Crippen molar-refractivity contribution in [2.75, 3.05) is 4.90 Å². The highest BCUT2D eigenvalue weighted by molar-refractivity contribution is 8.00. The summed E-state index contributed by atoms with van der Waals surface area (Å²) in [5.41, 5.74) is 1.35. The molecule has 41 heavy (non-hydrogen) atoms. The molecule has 6 rings (SSSR count). The molecule has 1 unspecified atom stereocenters. The average Bonchev–Trinajstić information content (AvgIpc) is 3.74. The Morgan fingerprint density at radius 1 is 1.00 bits per heavy atom. The molecule has 0 radical (unpaired) electrons. The van der Waals surface area contributed by atoms with Crippen molar-refractivity contribution in [1.82, 2.24) is 10.2 Å². The van der Waals surface area contributed by atoms with Crippen LogP contribution in [0.1, 0.15) is 27.7 Å². The van der Waals surface area contributed by atoms with Gasteiger partial charge in [-0.1, -0.05) is 83.2 Å². The van der Waals surface area contributed by atoms with Crippen LogP contribution in [0.5, 0.6) is 11.5 Å². The molecular formula is C30H20ClN3O5S2. The summed E-state index contributed by atoms with van der Waals surface area (Å²) in [4.78, 5) is 28.3. The molecule has 1 atom stereocenters. The third-order valence-corrected chi connectivity index (χ3v) is 8.73. The molecule has 1 amide bonds. The van der Waals surface area contributed by atoms with Crippen molar-refractivity contribution in [2.45, 2.75) is 16.1 Å². The molecule has 3 aromatic carbocycles. The molecule has 0 aliphatic carbocycles. The number of aromatic nitrogens is 2. The monoisotopic (exact) mass is 601 g/mol. The third kappa shape index (κ3) is 5.49. The van der Waals surface area contributed by atoms with Crippen molar-refractivity contribution in [3.8, 4) is 11.5 Å². The predicted octanol–water partition coefficient (Wildman–Crippen LogP) is 7.65. The predicted molar refractivity (Wildman–Crippen MR) is 157 cm³/mol. The summed E-state index contributed by atoms with van der Waals surface area (Å²) in [5.74, 6) is -0.388. The minimum atomic E-state index is -1.01. The van der Waals surface area contributed by atoms with Crippen molar-refractivity contribution in [1.29, 1.82) is 0 Å². The van der Waals surface area contributed by atoms with Crippen LogP contribution in [0, 0.1) is 0 Å². The van der Waals surface area contributed by atoms with Gasteiger partial charge in [-0.3, -0.25) is 14.5 Å². The number of thioether (sulfide) groups is 1. The molecule has 1 aliphatic heterocycles. The van der Waals surface area contributed by atoms with Crippen molar-refractivity contribution in [3.63, 3.8) is 0 Å². The number of rotatable bonds is 9. The second-order valence-electron chi connectivity index (χ2n) is 8.86. The number of benzene rings is 3. The van der Waals surface area contributed by atoms with Gasteiger partial charge in [-0.15, -0.1) is 10.2 Å². The summed E-state index contributed by atoms with van der Waals surface area (Å²) in [5, 5.41) is 20.4. The van der Waals surface area contributed by atoms with Gasteiger partial charge in [-0.05, 0) is 53.6 Å². The van der Waals surface area contributed by atoms with Crippen molar-refractivity contribution >= 4 is 51.5 Å². The number of amides is 1. The average molecular weight is 602 g/mol. The molecule has 1 N–H and O–H groups in total. The van der Waals surface area contributed by atoms with Gasteiger partial charge < -0.3 is 14.3 Å². The van der Waals surface area contributed by atoms with E-state index in [1.165, 1.54) is 40.3 Å². The second kappa shape index (κ2) is 11.6. The molecule has 5 aromatic rings. The Kier molecular flexibility index (Phi) is 7.60. The zero-order chi connectivity index (χ0) is 28.3. The largest absolute Gasteiger partial charge is 0.503 e. The van der Waals surface area contributed by atoms with E-state index in [2.05, 4.69) is 10.2 Å². The van der Waals surface area contributed by atoms with Crippen molar-refractivity contribution in [2.24, 2.45) is 0 Å². The summed E-state index contributed by atoms with van der Waals surface area (Å²) >= 11 is 8.89. The summed E-state index contributed by atoms with van der Waals surface area (Å²) in [6.45, 7) is 0. The SMILES string of the molecule is O=C(C1=C(O)C(=O)N(c2nnc(SCc3ccccc3Cl)s2)C1c1cccc(Oc2ccccc2)c1)c1ccco1. The molecule has 11 heteroatoms. The number of halogens is 1. The molecule has 0 fully saturated rings. The molecule has 0 saturated carbocycles. The standard InChI is InChI=1S/C30H20ClN3O5S2/c31-22-13-5-4-8-19(22)17-40-30-33-32-29(41-30)34-25(24(27(36)28(34)37)26(35)23-14-7-15-38-23)18-9-6-12-21(16-18)39-20-10-2-1-3-11-20/h1-16,25,36H,17H2. The van der Waals surface area contributed by atoms with Gasteiger partial charge >= 0.3 is 0 Å². The van der Waals surface area contributed by atoms with Crippen LogP contribution in [0.15, 0.2) is 117 Å². The van der Waals surface area contributed by atoms with E-state index in [0.717, 1.165) is 5.56 Å². The number of ketones is 1. The number of aliphatic hydroxyl groups is 1. The highest BCUT2D eigenvalue weighted by atomic mass is 35.5. The highest BCUT2D eigenvalue weighted by Gasteiger charge is 2.46. The van der Waals surface area contributed by atoms with Crippen molar-refractivity contribution in [3.05, 3.63) is 131 Å². The number of Topliss-reactive ketones (excluding diaryl/α,β-unsaturated/α-hetero) is 1. The van der Waals surface area contributed by atoms with E-state index in [4.69, 9.17) is 20.8 Å². The maximum Gasteiger partial charge on any atom is 0.296 e. The van der Waals surface area contributed by atoms with Crippen LogP contribution in [-0.4, -0.2) is 27.0 Å². The van der Waals surface area contributed by atoms with Crippen LogP contribution in [0.3, 0.4) is 0 Å². The van der Waals surface area contributed by atoms with E-state index in [0.29, 0.717) is 32.2 Å². The Bertz CT molecular complexity index is 1750. The van der Waals surface area contributed by atoms with Crippen LogP contribution < -0.4 is 9.64 Å². The lowest BCUT2D eigenvalue weighted by Gasteiger charge is -2.24. The molecule has 8 nitrogen and oxygen atoms in total.